The number of likely N-dealkylation sites (tertiary alicyclic amines) is 1. The number of aliphatic hydroxyl groups is 1. The molecule has 0 bridgehead atoms. The first-order chi connectivity index (χ1) is 11.0. The first kappa shape index (κ1) is 16.8. The van der Waals surface area contributed by atoms with E-state index in [2.05, 4.69) is 28.6 Å². The Hall–Kier alpha value is -1.01. The molecule has 5 heteroatoms. The number of ether oxygens (including phenoxy) is 1. The summed E-state index contributed by atoms with van der Waals surface area (Å²) >= 11 is 0. The zero-order valence-electron chi connectivity index (χ0n) is 14.3. The summed E-state index contributed by atoms with van der Waals surface area (Å²) in [5, 5.41) is 10.4. The second-order valence-corrected chi connectivity index (χ2v) is 7.49. The van der Waals surface area contributed by atoms with Gasteiger partial charge in [0.25, 0.3) is 0 Å². The highest BCUT2D eigenvalue weighted by atomic mass is 16.5. The number of hydrogen-bond donors (Lipinski definition) is 1. The first-order valence-corrected chi connectivity index (χ1v) is 8.67. The van der Waals surface area contributed by atoms with Gasteiger partial charge in [0.05, 0.1) is 19.3 Å². The fourth-order valence-electron chi connectivity index (χ4n) is 3.91. The van der Waals surface area contributed by atoms with Gasteiger partial charge in [0.15, 0.2) is 0 Å². The normalized spacial score (nSPS) is 27.4. The minimum absolute atomic E-state index is 0.120. The van der Waals surface area contributed by atoms with Crippen molar-refractivity contribution in [2.45, 2.75) is 31.9 Å². The van der Waals surface area contributed by atoms with Crippen LogP contribution in [0, 0.1) is 5.92 Å². The van der Waals surface area contributed by atoms with Gasteiger partial charge in [0.1, 0.15) is 0 Å². The Morgan fingerprint density at radius 3 is 2.61 bits per heavy atom. The molecule has 1 aromatic heterocycles. The average molecular weight is 319 g/mol. The van der Waals surface area contributed by atoms with E-state index in [9.17, 15) is 5.11 Å². The molecule has 3 rings (SSSR count). The summed E-state index contributed by atoms with van der Waals surface area (Å²) in [6.45, 7) is 11.0. The second kappa shape index (κ2) is 7.26. The van der Waals surface area contributed by atoms with Crippen molar-refractivity contribution >= 4 is 0 Å². The molecule has 2 aliphatic rings. The number of morpholine rings is 1. The second-order valence-electron chi connectivity index (χ2n) is 7.49. The van der Waals surface area contributed by atoms with Crippen molar-refractivity contribution in [2.24, 2.45) is 5.92 Å². The maximum atomic E-state index is 10.4. The van der Waals surface area contributed by atoms with Crippen molar-refractivity contribution < 1.29 is 9.84 Å². The molecule has 0 radical (unpaired) electrons. The Morgan fingerprint density at radius 2 is 1.91 bits per heavy atom. The molecule has 0 aromatic carbocycles. The van der Waals surface area contributed by atoms with Gasteiger partial charge >= 0.3 is 0 Å². The number of aliphatic hydroxyl groups excluding tert-OH is 1. The maximum absolute atomic E-state index is 10.4. The predicted octanol–water partition coefficient (Wildman–Crippen LogP) is 1.03. The third-order valence-electron chi connectivity index (χ3n) is 5.21. The summed E-state index contributed by atoms with van der Waals surface area (Å²) in [4.78, 5) is 9.00. The fourth-order valence-corrected chi connectivity index (χ4v) is 3.91. The Bertz CT molecular complexity index is 488. The lowest BCUT2D eigenvalue weighted by Crippen LogP contribution is -2.55. The van der Waals surface area contributed by atoms with E-state index in [-0.39, 0.29) is 11.6 Å². The van der Waals surface area contributed by atoms with Crippen LogP contribution in [-0.4, -0.2) is 77.5 Å². The van der Waals surface area contributed by atoms with Crippen LogP contribution in [0.3, 0.4) is 0 Å². The van der Waals surface area contributed by atoms with E-state index in [0.29, 0.717) is 5.92 Å². The van der Waals surface area contributed by atoms with Gasteiger partial charge in [-0.3, -0.25) is 14.8 Å². The molecule has 23 heavy (non-hydrogen) atoms. The van der Waals surface area contributed by atoms with E-state index < -0.39 is 0 Å². The van der Waals surface area contributed by atoms with Crippen LogP contribution in [0.1, 0.15) is 19.4 Å². The lowest BCUT2D eigenvalue weighted by Gasteiger charge is -2.42. The highest BCUT2D eigenvalue weighted by Gasteiger charge is 2.36. The number of pyridine rings is 1. The van der Waals surface area contributed by atoms with Crippen molar-refractivity contribution in [3.05, 3.63) is 30.1 Å². The number of β-amino-alcohol motifs (C(OH)–C–C–N with tert-alkyl or cyclic N) is 1. The van der Waals surface area contributed by atoms with Crippen molar-refractivity contribution in [1.29, 1.82) is 0 Å². The van der Waals surface area contributed by atoms with E-state index in [1.165, 1.54) is 5.56 Å². The number of nitrogens with zero attached hydrogens (tertiary/aromatic N) is 3. The molecule has 1 aromatic rings. The van der Waals surface area contributed by atoms with Crippen LogP contribution in [0.15, 0.2) is 24.5 Å². The largest absolute Gasteiger partial charge is 0.391 e. The van der Waals surface area contributed by atoms with Crippen molar-refractivity contribution in [3.63, 3.8) is 0 Å². The monoisotopic (exact) mass is 319 g/mol. The fraction of sp³-hybridized carbons (Fsp3) is 0.722. The summed E-state index contributed by atoms with van der Waals surface area (Å²) < 4.78 is 5.46. The van der Waals surface area contributed by atoms with Crippen molar-refractivity contribution in [3.8, 4) is 0 Å². The molecule has 0 spiro atoms. The van der Waals surface area contributed by atoms with Crippen LogP contribution in [-0.2, 0) is 11.2 Å². The third-order valence-corrected chi connectivity index (χ3v) is 5.21. The topological polar surface area (TPSA) is 48.8 Å². The number of hydrogen-bond acceptors (Lipinski definition) is 5. The highest BCUT2D eigenvalue weighted by molar-refractivity contribution is 5.12. The third kappa shape index (κ3) is 4.29. The maximum Gasteiger partial charge on any atom is 0.0710 e. The first-order valence-electron chi connectivity index (χ1n) is 8.67. The zero-order valence-corrected chi connectivity index (χ0v) is 14.3. The SMILES string of the molecule is CC(C)(CN1C[C@@H](Cc2ccncc2)[C@H](O)C1)N1CCOCC1. The Morgan fingerprint density at radius 1 is 1.22 bits per heavy atom. The van der Waals surface area contributed by atoms with Gasteiger partial charge in [-0.2, -0.15) is 0 Å². The molecule has 0 unspecified atom stereocenters. The lowest BCUT2D eigenvalue weighted by molar-refractivity contribution is -0.0205. The summed E-state index contributed by atoms with van der Waals surface area (Å²) in [6.07, 6.45) is 4.35. The number of aromatic nitrogens is 1. The lowest BCUT2D eigenvalue weighted by atomic mass is 9.97. The molecule has 0 aliphatic carbocycles. The average Bonchev–Trinajstić information content (AvgIpc) is 2.88. The molecule has 128 valence electrons. The quantitative estimate of drug-likeness (QED) is 0.878. The van der Waals surface area contributed by atoms with Crippen molar-refractivity contribution in [1.82, 2.24) is 14.8 Å². The minimum Gasteiger partial charge on any atom is -0.391 e. The highest BCUT2D eigenvalue weighted by Crippen LogP contribution is 2.25. The molecule has 2 atom stereocenters. The Balaban J connectivity index is 1.55. The molecule has 5 nitrogen and oxygen atoms in total. The summed E-state index contributed by atoms with van der Waals surface area (Å²) in [7, 11) is 0. The summed E-state index contributed by atoms with van der Waals surface area (Å²) in [5.74, 6) is 0.317. The summed E-state index contributed by atoms with van der Waals surface area (Å²) in [5.41, 5.74) is 1.38. The van der Waals surface area contributed by atoms with Gasteiger partial charge in [-0.1, -0.05) is 0 Å². The van der Waals surface area contributed by atoms with Crippen LogP contribution in [0.2, 0.25) is 0 Å². The van der Waals surface area contributed by atoms with Crippen LogP contribution >= 0.6 is 0 Å². The number of rotatable bonds is 5. The predicted molar refractivity (Wildman–Crippen MR) is 90.3 cm³/mol. The summed E-state index contributed by atoms with van der Waals surface area (Å²) in [6, 6.07) is 4.10. The van der Waals surface area contributed by atoms with Gasteiger partial charge in [0, 0.05) is 56.6 Å². The molecular formula is C18H29N3O2. The molecule has 1 N–H and O–H groups in total. The van der Waals surface area contributed by atoms with E-state index in [1.807, 2.05) is 24.5 Å². The molecule has 2 fully saturated rings. The molecular weight excluding hydrogens is 290 g/mol. The molecule has 2 aliphatic heterocycles. The molecule has 2 saturated heterocycles. The minimum atomic E-state index is -0.233. The van der Waals surface area contributed by atoms with E-state index in [0.717, 1.165) is 52.4 Å². The van der Waals surface area contributed by atoms with E-state index >= 15 is 0 Å². The van der Waals surface area contributed by atoms with Gasteiger partial charge in [-0.15, -0.1) is 0 Å². The zero-order chi connectivity index (χ0) is 16.3. The van der Waals surface area contributed by atoms with Crippen LogP contribution in [0.4, 0.5) is 0 Å². The molecule has 0 saturated carbocycles. The van der Waals surface area contributed by atoms with Crippen molar-refractivity contribution in [2.75, 3.05) is 45.9 Å². The van der Waals surface area contributed by atoms with E-state index in [1.54, 1.807) is 0 Å². The van der Waals surface area contributed by atoms with Gasteiger partial charge in [0.2, 0.25) is 0 Å². The Kier molecular flexibility index (Phi) is 5.31. The van der Waals surface area contributed by atoms with Crippen LogP contribution in [0.25, 0.3) is 0 Å². The van der Waals surface area contributed by atoms with Gasteiger partial charge in [-0.05, 0) is 38.0 Å². The standard InChI is InChI=1S/C18H29N3O2/c1-18(2,21-7-9-23-10-8-21)14-20-12-16(17(22)13-20)11-15-3-5-19-6-4-15/h3-6,16-17,22H,7-14H2,1-2H3/t16-,17-/m1/s1. The van der Waals surface area contributed by atoms with E-state index in [4.69, 9.17) is 4.74 Å². The molecule has 0 amide bonds. The molecule has 3 heterocycles. The van der Waals surface area contributed by atoms with Gasteiger partial charge < -0.3 is 9.84 Å². The Labute approximate surface area is 139 Å². The smallest absolute Gasteiger partial charge is 0.0710 e. The van der Waals surface area contributed by atoms with Crippen LogP contribution < -0.4 is 0 Å². The van der Waals surface area contributed by atoms with Gasteiger partial charge in [-0.25, -0.2) is 0 Å². The van der Waals surface area contributed by atoms with Crippen LogP contribution in [0.5, 0.6) is 0 Å².